The third-order valence-corrected chi connectivity index (χ3v) is 4.62. The molecule has 1 aromatic rings. The van der Waals surface area contributed by atoms with Crippen LogP contribution in [0.1, 0.15) is 5.56 Å². The predicted octanol–water partition coefficient (Wildman–Crippen LogP) is 1.07. The van der Waals surface area contributed by atoms with E-state index in [4.69, 9.17) is 4.74 Å². The molecular formula is C19H24N4O2. The average molecular weight is 340 g/mol. The van der Waals surface area contributed by atoms with Crippen molar-refractivity contribution < 1.29 is 9.53 Å². The second-order valence-electron chi connectivity index (χ2n) is 6.36. The van der Waals surface area contributed by atoms with Crippen LogP contribution < -0.4 is 0 Å². The Bertz CT molecular complexity index is 639. The molecule has 2 aliphatic heterocycles. The minimum absolute atomic E-state index is 0.183. The van der Waals surface area contributed by atoms with Gasteiger partial charge in [0.2, 0.25) is 0 Å². The maximum atomic E-state index is 12.5. The van der Waals surface area contributed by atoms with Crippen LogP contribution in [0.25, 0.3) is 0 Å². The Morgan fingerprint density at radius 1 is 1.08 bits per heavy atom. The summed E-state index contributed by atoms with van der Waals surface area (Å²) in [5, 5.41) is 9.37. The van der Waals surface area contributed by atoms with Gasteiger partial charge in [-0.2, -0.15) is 5.26 Å². The Kier molecular flexibility index (Phi) is 6.04. The van der Waals surface area contributed by atoms with Crippen LogP contribution in [0.15, 0.2) is 42.1 Å². The van der Waals surface area contributed by atoms with Gasteiger partial charge in [0, 0.05) is 52.0 Å². The lowest BCUT2D eigenvalue weighted by atomic mass is 10.2. The van der Waals surface area contributed by atoms with Gasteiger partial charge in [0.1, 0.15) is 11.6 Å². The van der Waals surface area contributed by atoms with Crippen molar-refractivity contribution in [3.63, 3.8) is 0 Å². The summed E-state index contributed by atoms with van der Waals surface area (Å²) in [5.41, 5.74) is 1.53. The largest absolute Gasteiger partial charge is 0.378 e. The van der Waals surface area contributed by atoms with Crippen LogP contribution in [0, 0.1) is 11.3 Å². The lowest BCUT2D eigenvalue weighted by molar-refractivity contribution is -0.130. The van der Waals surface area contributed by atoms with E-state index in [-0.39, 0.29) is 11.5 Å². The van der Waals surface area contributed by atoms with Crippen molar-refractivity contribution in [2.24, 2.45) is 0 Å². The fourth-order valence-corrected chi connectivity index (χ4v) is 3.14. The normalized spacial score (nSPS) is 19.6. The Balaban J connectivity index is 1.53. The smallest absolute Gasteiger partial charge is 0.266 e. The van der Waals surface area contributed by atoms with Crippen LogP contribution in [0.3, 0.4) is 0 Å². The third-order valence-electron chi connectivity index (χ3n) is 4.62. The molecule has 2 saturated heterocycles. The van der Waals surface area contributed by atoms with Gasteiger partial charge in [-0.15, -0.1) is 0 Å². The van der Waals surface area contributed by atoms with Crippen LogP contribution >= 0.6 is 0 Å². The van der Waals surface area contributed by atoms with Gasteiger partial charge in [0.25, 0.3) is 5.91 Å². The number of morpholine rings is 1. The Morgan fingerprint density at radius 3 is 2.40 bits per heavy atom. The molecule has 0 aromatic heterocycles. The quantitative estimate of drug-likeness (QED) is 0.606. The number of benzene rings is 1. The molecule has 2 aliphatic rings. The fraction of sp³-hybridized carbons (Fsp3) is 0.474. The second kappa shape index (κ2) is 8.65. The number of amides is 1. The molecule has 1 aromatic carbocycles. The molecule has 0 spiro atoms. The summed E-state index contributed by atoms with van der Waals surface area (Å²) in [4.78, 5) is 18.6. The number of carbonyl (C=O) groups excluding carboxylic acids is 1. The van der Waals surface area contributed by atoms with Gasteiger partial charge in [0.05, 0.1) is 13.2 Å². The zero-order valence-electron chi connectivity index (χ0n) is 14.4. The Labute approximate surface area is 148 Å². The van der Waals surface area contributed by atoms with Crippen LogP contribution in [0.2, 0.25) is 0 Å². The number of hydrogen-bond donors (Lipinski definition) is 0. The molecule has 0 unspecified atom stereocenters. The van der Waals surface area contributed by atoms with Gasteiger partial charge in [-0.25, -0.2) is 0 Å². The van der Waals surface area contributed by atoms with Crippen LogP contribution in [-0.2, 0) is 16.1 Å². The van der Waals surface area contributed by atoms with E-state index >= 15 is 0 Å². The molecule has 0 atom stereocenters. The van der Waals surface area contributed by atoms with E-state index in [9.17, 15) is 10.1 Å². The number of piperazine rings is 1. The average Bonchev–Trinajstić information content (AvgIpc) is 2.68. The van der Waals surface area contributed by atoms with Crippen molar-refractivity contribution >= 4 is 5.91 Å². The van der Waals surface area contributed by atoms with E-state index in [2.05, 4.69) is 40.1 Å². The summed E-state index contributed by atoms with van der Waals surface area (Å²) in [5.74, 6) is -0.183. The van der Waals surface area contributed by atoms with Crippen LogP contribution in [0.5, 0.6) is 0 Å². The number of rotatable bonds is 4. The van der Waals surface area contributed by atoms with E-state index in [0.29, 0.717) is 26.3 Å². The highest BCUT2D eigenvalue weighted by Gasteiger charge is 2.22. The van der Waals surface area contributed by atoms with Crippen molar-refractivity contribution in [3.8, 4) is 6.07 Å². The van der Waals surface area contributed by atoms with Crippen LogP contribution in [0.4, 0.5) is 0 Å². The lowest BCUT2D eigenvalue weighted by Gasteiger charge is -2.34. The predicted molar refractivity (Wildman–Crippen MR) is 94.4 cm³/mol. The number of hydrogen-bond acceptors (Lipinski definition) is 5. The number of nitrogens with zero attached hydrogens (tertiary/aromatic N) is 4. The van der Waals surface area contributed by atoms with Crippen molar-refractivity contribution in [2.75, 3.05) is 52.5 Å². The molecule has 0 bridgehead atoms. The summed E-state index contributed by atoms with van der Waals surface area (Å²) < 4.78 is 5.26. The van der Waals surface area contributed by atoms with E-state index in [0.717, 1.165) is 32.7 Å². The first-order valence-electron chi connectivity index (χ1n) is 8.75. The van der Waals surface area contributed by atoms with E-state index in [1.54, 1.807) is 11.1 Å². The maximum Gasteiger partial charge on any atom is 0.266 e. The standard InChI is InChI=1S/C19H24N4O2/c20-14-18(19(24)23-10-12-25-13-11-23)16-22-8-6-21(7-9-22)15-17-4-2-1-3-5-17/h1-5,16H,6-13,15H2/b18-16-. The zero-order valence-corrected chi connectivity index (χ0v) is 14.4. The molecule has 2 heterocycles. The molecule has 0 N–H and O–H groups in total. The monoisotopic (exact) mass is 340 g/mol. The molecule has 25 heavy (non-hydrogen) atoms. The molecular weight excluding hydrogens is 316 g/mol. The highest BCUT2D eigenvalue weighted by molar-refractivity contribution is 5.97. The van der Waals surface area contributed by atoms with Crippen molar-refractivity contribution in [1.82, 2.24) is 14.7 Å². The summed E-state index contributed by atoms with van der Waals surface area (Å²) in [6.07, 6.45) is 1.73. The van der Waals surface area contributed by atoms with Gasteiger partial charge >= 0.3 is 0 Å². The van der Waals surface area contributed by atoms with Gasteiger partial charge in [0.15, 0.2) is 0 Å². The van der Waals surface area contributed by atoms with Gasteiger partial charge in [-0.1, -0.05) is 30.3 Å². The summed E-state index contributed by atoms with van der Waals surface area (Å²) in [7, 11) is 0. The molecule has 0 radical (unpaired) electrons. The van der Waals surface area contributed by atoms with Gasteiger partial charge in [-0.05, 0) is 5.56 Å². The summed E-state index contributed by atoms with van der Waals surface area (Å²) in [6, 6.07) is 12.5. The topological polar surface area (TPSA) is 59.8 Å². The first kappa shape index (κ1) is 17.5. The minimum Gasteiger partial charge on any atom is -0.378 e. The molecule has 132 valence electrons. The van der Waals surface area contributed by atoms with Crippen molar-refractivity contribution in [1.29, 1.82) is 5.26 Å². The molecule has 3 rings (SSSR count). The molecule has 6 heteroatoms. The summed E-state index contributed by atoms with van der Waals surface area (Å²) >= 11 is 0. The zero-order chi connectivity index (χ0) is 17.5. The first-order chi connectivity index (χ1) is 12.3. The molecule has 6 nitrogen and oxygen atoms in total. The van der Waals surface area contributed by atoms with Crippen LogP contribution in [-0.4, -0.2) is 73.1 Å². The second-order valence-corrected chi connectivity index (χ2v) is 6.36. The number of ether oxygens (including phenoxy) is 1. The molecule has 0 saturated carbocycles. The Hall–Kier alpha value is -2.36. The molecule has 0 aliphatic carbocycles. The van der Waals surface area contributed by atoms with Gasteiger partial charge in [-0.3, -0.25) is 9.69 Å². The van der Waals surface area contributed by atoms with E-state index < -0.39 is 0 Å². The number of nitriles is 1. The fourth-order valence-electron chi connectivity index (χ4n) is 3.14. The highest BCUT2D eigenvalue weighted by atomic mass is 16.5. The van der Waals surface area contributed by atoms with E-state index in [1.165, 1.54) is 5.56 Å². The van der Waals surface area contributed by atoms with Gasteiger partial charge < -0.3 is 14.5 Å². The SMILES string of the molecule is N#C/C(=C/N1CCN(Cc2ccccc2)CC1)C(=O)N1CCOCC1. The minimum atomic E-state index is -0.183. The Morgan fingerprint density at radius 2 is 1.76 bits per heavy atom. The molecule has 2 fully saturated rings. The van der Waals surface area contributed by atoms with E-state index in [1.807, 2.05) is 6.07 Å². The number of carbonyl (C=O) groups is 1. The lowest BCUT2D eigenvalue weighted by Crippen LogP contribution is -2.44. The summed E-state index contributed by atoms with van der Waals surface area (Å²) in [6.45, 7) is 6.65. The maximum absolute atomic E-state index is 12.5. The van der Waals surface area contributed by atoms with Crippen molar-refractivity contribution in [3.05, 3.63) is 47.7 Å². The highest BCUT2D eigenvalue weighted by Crippen LogP contribution is 2.11. The van der Waals surface area contributed by atoms with Crippen molar-refractivity contribution in [2.45, 2.75) is 6.54 Å². The molecule has 1 amide bonds. The third kappa shape index (κ3) is 4.81. The first-order valence-corrected chi connectivity index (χ1v) is 8.75.